The fourth-order valence-electron chi connectivity index (χ4n) is 1.92. The van der Waals surface area contributed by atoms with Gasteiger partial charge in [-0.05, 0) is 42.5 Å². The Morgan fingerprint density at radius 3 is 2.68 bits per heavy atom. The Labute approximate surface area is 131 Å². The maximum atomic E-state index is 11.9. The number of thiazole rings is 1. The lowest BCUT2D eigenvalue weighted by Crippen LogP contribution is -2.07. The molecular formula is C17H11N3OS. The first kappa shape index (κ1) is 14.0. The molecule has 0 spiro atoms. The smallest absolute Gasteiger partial charge is 0.248 e. The highest BCUT2D eigenvalue weighted by Gasteiger charge is 2.01. The predicted molar refractivity (Wildman–Crippen MR) is 88.4 cm³/mol. The van der Waals surface area contributed by atoms with Crippen LogP contribution in [-0.2, 0) is 4.79 Å². The van der Waals surface area contributed by atoms with E-state index in [-0.39, 0.29) is 5.91 Å². The highest BCUT2D eigenvalue weighted by molar-refractivity contribution is 7.19. The molecule has 1 aromatic heterocycles. The van der Waals surface area contributed by atoms with Gasteiger partial charge in [-0.2, -0.15) is 5.26 Å². The molecule has 22 heavy (non-hydrogen) atoms. The molecule has 4 nitrogen and oxygen atoms in total. The average molecular weight is 305 g/mol. The van der Waals surface area contributed by atoms with Gasteiger partial charge in [0.2, 0.25) is 5.91 Å². The monoisotopic (exact) mass is 305 g/mol. The molecule has 0 unspecified atom stereocenters. The number of para-hydroxylation sites is 1. The Morgan fingerprint density at radius 1 is 1.18 bits per heavy atom. The molecule has 1 N–H and O–H groups in total. The van der Waals surface area contributed by atoms with Gasteiger partial charge in [0.05, 0.1) is 21.8 Å². The van der Waals surface area contributed by atoms with E-state index in [1.807, 2.05) is 30.3 Å². The van der Waals surface area contributed by atoms with Gasteiger partial charge in [-0.3, -0.25) is 4.79 Å². The molecule has 0 aliphatic carbocycles. The van der Waals surface area contributed by atoms with Crippen molar-refractivity contribution in [1.29, 1.82) is 5.26 Å². The first-order valence-electron chi connectivity index (χ1n) is 6.59. The minimum Gasteiger partial charge on any atom is -0.323 e. The van der Waals surface area contributed by atoms with Crippen molar-refractivity contribution in [2.75, 3.05) is 5.32 Å². The van der Waals surface area contributed by atoms with Crippen molar-refractivity contribution in [2.45, 2.75) is 0 Å². The second-order valence-electron chi connectivity index (χ2n) is 4.53. The van der Waals surface area contributed by atoms with Crippen LogP contribution >= 0.6 is 11.3 Å². The summed E-state index contributed by atoms with van der Waals surface area (Å²) >= 11 is 1.54. The van der Waals surface area contributed by atoms with Crippen molar-refractivity contribution in [3.8, 4) is 6.07 Å². The standard InChI is InChI=1S/C17H11N3OS/c18-11-12-5-7-13(8-6-12)19-16(21)9-10-17-20-14-3-1-2-4-15(14)22-17/h1-10H,(H,19,21)/b10-9+. The van der Waals surface area contributed by atoms with Gasteiger partial charge in [0.15, 0.2) is 0 Å². The van der Waals surface area contributed by atoms with Gasteiger partial charge in [0.25, 0.3) is 0 Å². The summed E-state index contributed by atoms with van der Waals surface area (Å²) in [6.45, 7) is 0. The van der Waals surface area contributed by atoms with E-state index in [2.05, 4.69) is 10.3 Å². The number of hydrogen-bond donors (Lipinski definition) is 1. The van der Waals surface area contributed by atoms with Gasteiger partial charge in [-0.25, -0.2) is 4.98 Å². The fraction of sp³-hybridized carbons (Fsp3) is 0. The lowest BCUT2D eigenvalue weighted by Gasteiger charge is -2.00. The fourth-order valence-corrected chi connectivity index (χ4v) is 2.79. The molecule has 0 saturated carbocycles. The van der Waals surface area contributed by atoms with Gasteiger partial charge in [-0.15, -0.1) is 11.3 Å². The van der Waals surface area contributed by atoms with Crippen LogP contribution in [0, 0.1) is 11.3 Å². The lowest BCUT2D eigenvalue weighted by atomic mass is 10.2. The predicted octanol–water partition coefficient (Wildman–Crippen LogP) is 3.82. The van der Waals surface area contributed by atoms with Crippen molar-refractivity contribution in [1.82, 2.24) is 4.98 Å². The molecule has 2 aromatic carbocycles. The highest BCUT2D eigenvalue weighted by Crippen LogP contribution is 2.22. The Kier molecular flexibility index (Phi) is 3.95. The highest BCUT2D eigenvalue weighted by atomic mass is 32.1. The van der Waals surface area contributed by atoms with Crippen molar-refractivity contribution in [3.05, 3.63) is 65.2 Å². The first-order chi connectivity index (χ1) is 10.7. The van der Waals surface area contributed by atoms with Crippen LogP contribution in [0.3, 0.4) is 0 Å². The molecule has 0 bridgehead atoms. The van der Waals surface area contributed by atoms with Crippen LogP contribution in [0.2, 0.25) is 0 Å². The third-order valence-electron chi connectivity index (χ3n) is 2.97. The second-order valence-corrected chi connectivity index (χ2v) is 5.59. The van der Waals surface area contributed by atoms with Crippen molar-refractivity contribution in [2.24, 2.45) is 0 Å². The van der Waals surface area contributed by atoms with Gasteiger partial charge in [-0.1, -0.05) is 12.1 Å². The van der Waals surface area contributed by atoms with E-state index in [1.165, 1.54) is 17.4 Å². The summed E-state index contributed by atoms with van der Waals surface area (Å²) in [7, 11) is 0. The maximum absolute atomic E-state index is 11.9. The van der Waals surface area contributed by atoms with Crippen LogP contribution in [0.4, 0.5) is 5.69 Å². The zero-order valence-electron chi connectivity index (χ0n) is 11.5. The molecular weight excluding hydrogens is 294 g/mol. The molecule has 0 saturated heterocycles. The number of hydrogen-bond acceptors (Lipinski definition) is 4. The number of anilines is 1. The average Bonchev–Trinajstić information content (AvgIpc) is 2.96. The summed E-state index contributed by atoms with van der Waals surface area (Å²) in [5.41, 5.74) is 2.14. The number of amides is 1. The van der Waals surface area contributed by atoms with E-state index in [1.54, 1.807) is 30.3 Å². The second kappa shape index (κ2) is 6.20. The van der Waals surface area contributed by atoms with Crippen molar-refractivity contribution >= 4 is 39.2 Å². The zero-order valence-corrected chi connectivity index (χ0v) is 12.3. The number of aromatic nitrogens is 1. The van der Waals surface area contributed by atoms with E-state index in [4.69, 9.17) is 5.26 Å². The molecule has 3 rings (SSSR count). The van der Waals surface area contributed by atoms with Crippen LogP contribution in [0.5, 0.6) is 0 Å². The lowest BCUT2D eigenvalue weighted by molar-refractivity contribution is -0.111. The Balaban J connectivity index is 1.69. The number of fused-ring (bicyclic) bond motifs is 1. The molecule has 0 radical (unpaired) electrons. The molecule has 3 aromatic rings. The zero-order chi connectivity index (χ0) is 15.4. The van der Waals surface area contributed by atoms with Crippen LogP contribution in [0.1, 0.15) is 10.6 Å². The summed E-state index contributed by atoms with van der Waals surface area (Å²) in [6.07, 6.45) is 3.15. The Bertz CT molecular complexity index is 855. The van der Waals surface area contributed by atoms with E-state index < -0.39 is 0 Å². The molecule has 5 heteroatoms. The minimum atomic E-state index is -0.232. The topological polar surface area (TPSA) is 65.8 Å². The molecule has 0 aliphatic rings. The van der Waals surface area contributed by atoms with Crippen molar-refractivity contribution < 1.29 is 4.79 Å². The largest absolute Gasteiger partial charge is 0.323 e. The number of carbonyl (C=O) groups is 1. The van der Waals surface area contributed by atoms with E-state index in [0.29, 0.717) is 11.3 Å². The van der Waals surface area contributed by atoms with Crippen molar-refractivity contribution in [3.63, 3.8) is 0 Å². The van der Waals surface area contributed by atoms with E-state index >= 15 is 0 Å². The number of nitrogens with one attached hydrogen (secondary N) is 1. The first-order valence-corrected chi connectivity index (χ1v) is 7.41. The number of benzene rings is 2. The SMILES string of the molecule is N#Cc1ccc(NC(=O)/C=C/c2nc3ccccc3s2)cc1. The summed E-state index contributed by atoms with van der Waals surface area (Å²) in [5.74, 6) is -0.232. The van der Waals surface area contributed by atoms with Gasteiger partial charge < -0.3 is 5.32 Å². The molecule has 106 valence electrons. The number of nitriles is 1. The quantitative estimate of drug-likeness (QED) is 0.748. The molecule has 0 fully saturated rings. The number of rotatable bonds is 3. The normalized spacial score (nSPS) is 10.7. The molecule has 0 atom stereocenters. The maximum Gasteiger partial charge on any atom is 0.248 e. The van der Waals surface area contributed by atoms with Gasteiger partial charge in [0.1, 0.15) is 5.01 Å². The van der Waals surface area contributed by atoms with Crippen LogP contribution < -0.4 is 5.32 Å². The van der Waals surface area contributed by atoms with Crippen LogP contribution in [-0.4, -0.2) is 10.9 Å². The van der Waals surface area contributed by atoms with Gasteiger partial charge >= 0.3 is 0 Å². The molecule has 1 amide bonds. The van der Waals surface area contributed by atoms with E-state index in [9.17, 15) is 4.79 Å². The Hall–Kier alpha value is -2.97. The summed E-state index contributed by atoms with van der Waals surface area (Å²) < 4.78 is 1.09. The number of carbonyl (C=O) groups excluding carboxylic acids is 1. The third-order valence-corrected chi connectivity index (χ3v) is 3.97. The minimum absolute atomic E-state index is 0.232. The summed E-state index contributed by atoms with van der Waals surface area (Å²) in [4.78, 5) is 16.3. The molecule has 0 aliphatic heterocycles. The van der Waals surface area contributed by atoms with Gasteiger partial charge in [0, 0.05) is 11.8 Å². The Morgan fingerprint density at radius 2 is 1.95 bits per heavy atom. The molecule has 1 heterocycles. The third kappa shape index (κ3) is 3.19. The van der Waals surface area contributed by atoms with Crippen LogP contribution in [0.15, 0.2) is 54.6 Å². The summed E-state index contributed by atoms with van der Waals surface area (Å²) in [6, 6.07) is 16.6. The summed E-state index contributed by atoms with van der Waals surface area (Å²) in [5, 5.41) is 12.3. The van der Waals surface area contributed by atoms with Crippen LogP contribution in [0.25, 0.3) is 16.3 Å². The number of nitrogens with zero attached hydrogens (tertiary/aromatic N) is 2. The van der Waals surface area contributed by atoms with E-state index in [0.717, 1.165) is 15.2 Å².